The van der Waals surface area contributed by atoms with E-state index in [2.05, 4.69) is 0 Å². The number of aliphatic hydroxyl groups is 3. The molecule has 2 rings (SSSR count). The Balaban J connectivity index is 2.44. The van der Waals surface area contributed by atoms with E-state index in [-0.39, 0.29) is 17.6 Å². The van der Waals surface area contributed by atoms with Crippen LogP contribution >= 0.6 is 0 Å². The fourth-order valence-electron chi connectivity index (χ4n) is 4.51. The molecule has 0 aromatic heterocycles. The van der Waals surface area contributed by atoms with Crippen LogP contribution in [0.25, 0.3) is 0 Å². The van der Waals surface area contributed by atoms with Gasteiger partial charge in [-0.3, -0.25) is 4.79 Å². The molecular weight excluding hydrogens is 244 g/mol. The van der Waals surface area contributed by atoms with Crippen LogP contribution in [0, 0.1) is 23.2 Å². The van der Waals surface area contributed by atoms with Gasteiger partial charge in [0, 0.05) is 23.7 Å². The van der Waals surface area contributed by atoms with Crippen molar-refractivity contribution in [2.24, 2.45) is 23.2 Å². The summed E-state index contributed by atoms with van der Waals surface area (Å²) in [5.41, 5.74) is -1.86. The molecule has 0 spiro atoms. The first-order valence-electron chi connectivity index (χ1n) is 7.23. The first-order chi connectivity index (χ1) is 8.61. The van der Waals surface area contributed by atoms with E-state index in [0.29, 0.717) is 19.3 Å². The maximum absolute atomic E-state index is 12.3. The molecule has 110 valence electrons. The second-order valence-electron chi connectivity index (χ2n) is 7.26. The summed E-state index contributed by atoms with van der Waals surface area (Å²) in [6, 6.07) is 0. The highest BCUT2D eigenvalue weighted by Gasteiger charge is 2.61. The van der Waals surface area contributed by atoms with Crippen molar-refractivity contribution in [1.82, 2.24) is 0 Å². The van der Waals surface area contributed by atoms with Gasteiger partial charge in [0.2, 0.25) is 0 Å². The van der Waals surface area contributed by atoms with E-state index < -0.39 is 29.1 Å². The molecular formula is C15H26O4. The lowest BCUT2D eigenvalue weighted by molar-refractivity contribution is -0.209. The van der Waals surface area contributed by atoms with Crippen LogP contribution in [0.15, 0.2) is 0 Å². The Morgan fingerprint density at radius 3 is 2.37 bits per heavy atom. The smallest absolute Gasteiger partial charge is 0.139 e. The number of hydrogen-bond donors (Lipinski definition) is 3. The van der Waals surface area contributed by atoms with Crippen molar-refractivity contribution in [3.8, 4) is 0 Å². The summed E-state index contributed by atoms with van der Waals surface area (Å²) < 4.78 is 0. The molecule has 0 aromatic carbocycles. The molecule has 0 heterocycles. The Morgan fingerprint density at radius 2 is 1.84 bits per heavy atom. The Morgan fingerprint density at radius 1 is 1.26 bits per heavy atom. The van der Waals surface area contributed by atoms with E-state index in [1.807, 2.05) is 13.8 Å². The van der Waals surface area contributed by atoms with E-state index in [9.17, 15) is 20.1 Å². The van der Waals surface area contributed by atoms with Gasteiger partial charge in [0.1, 0.15) is 5.78 Å². The largest absolute Gasteiger partial charge is 0.393 e. The molecule has 2 saturated carbocycles. The second-order valence-corrected chi connectivity index (χ2v) is 7.26. The lowest BCUT2D eigenvalue weighted by atomic mass is 9.50. The van der Waals surface area contributed by atoms with Gasteiger partial charge in [0.15, 0.2) is 0 Å². The summed E-state index contributed by atoms with van der Waals surface area (Å²) in [6.07, 6.45) is -0.468. The van der Waals surface area contributed by atoms with Gasteiger partial charge in [-0.2, -0.15) is 0 Å². The van der Waals surface area contributed by atoms with E-state index >= 15 is 0 Å². The highest BCUT2D eigenvalue weighted by atomic mass is 16.3. The third kappa shape index (κ3) is 2.14. The molecule has 2 fully saturated rings. The second kappa shape index (κ2) is 4.54. The molecule has 0 radical (unpaired) electrons. The highest BCUT2D eigenvalue weighted by molar-refractivity contribution is 5.86. The predicted octanol–water partition coefficient (Wildman–Crippen LogP) is 1.12. The minimum Gasteiger partial charge on any atom is -0.393 e. The van der Waals surface area contributed by atoms with Gasteiger partial charge in [-0.1, -0.05) is 20.8 Å². The molecule has 0 amide bonds. The molecule has 0 bridgehead atoms. The molecule has 3 N–H and O–H groups in total. The molecule has 2 aliphatic rings. The van der Waals surface area contributed by atoms with Crippen LogP contribution in [0.5, 0.6) is 0 Å². The number of hydrogen-bond acceptors (Lipinski definition) is 4. The number of Topliss-reactive ketones (excluding diaryl/α,β-unsaturated/α-hetero) is 1. The Labute approximate surface area is 114 Å². The van der Waals surface area contributed by atoms with Gasteiger partial charge < -0.3 is 15.3 Å². The number of fused-ring (bicyclic) bond motifs is 1. The van der Waals surface area contributed by atoms with Gasteiger partial charge in [-0.05, 0) is 25.7 Å². The molecule has 0 saturated heterocycles. The van der Waals surface area contributed by atoms with Crippen molar-refractivity contribution in [2.75, 3.05) is 0 Å². The minimum absolute atomic E-state index is 0.0596. The Kier molecular flexibility index (Phi) is 3.57. The number of carbonyl (C=O) groups excluding carboxylic acids is 1. The van der Waals surface area contributed by atoms with Crippen molar-refractivity contribution in [1.29, 1.82) is 0 Å². The zero-order valence-corrected chi connectivity index (χ0v) is 12.3. The highest BCUT2D eigenvalue weighted by Crippen LogP contribution is 2.54. The van der Waals surface area contributed by atoms with Crippen molar-refractivity contribution < 1.29 is 20.1 Å². The third-order valence-corrected chi connectivity index (χ3v) is 5.43. The van der Waals surface area contributed by atoms with E-state index in [4.69, 9.17) is 0 Å². The van der Waals surface area contributed by atoms with Gasteiger partial charge >= 0.3 is 0 Å². The quantitative estimate of drug-likeness (QED) is 0.667. The molecule has 0 unspecified atom stereocenters. The third-order valence-electron chi connectivity index (χ3n) is 5.43. The van der Waals surface area contributed by atoms with E-state index in [1.165, 1.54) is 0 Å². The summed E-state index contributed by atoms with van der Waals surface area (Å²) in [5.74, 6) is -0.598. The lowest BCUT2D eigenvalue weighted by Crippen LogP contribution is -2.65. The standard InChI is InChI=1S/C15H26O4/c1-8(2)11-9(16)7-14(3)10(17)5-6-15(4,19)13(14)12(11)18/h8-9,11-13,16,18-19H,5-7H2,1-4H3/t9-,11+,12+,13+,14-,15-/m0/s1. The molecule has 4 heteroatoms. The van der Waals surface area contributed by atoms with Crippen LogP contribution in [0.3, 0.4) is 0 Å². The summed E-state index contributed by atoms with van der Waals surface area (Å²) in [6.45, 7) is 7.41. The van der Waals surface area contributed by atoms with Gasteiger partial charge in [-0.15, -0.1) is 0 Å². The van der Waals surface area contributed by atoms with Gasteiger partial charge in [0.25, 0.3) is 0 Å². The first kappa shape index (κ1) is 14.9. The van der Waals surface area contributed by atoms with Crippen molar-refractivity contribution >= 4 is 5.78 Å². The Hall–Kier alpha value is -0.450. The maximum atomic E-state index is 12.3. The van der Waals surface area contributed by atoms with Crippen LogP contribution in [0.2, 0.25) is 0 Å². The number of aliphatic hydroxyl groups excluding tert-OH is 2. The fraction of sp³-hybridized carbons (Fsp3) is 0.933. The normalized spacial score (nSPS) is 51.3. The van der Waals surface area contributed by atoms with Crippen molar-refractivity contribution in [3.63, 3.8) is 0 Å². The molecule has 19 heavy (non-hydrogen) atoms. The van der Waals surface area contributed by atoms with Crippen LogP contribution < -0.4 is 0 Å². The number of carbonyl (C=O) groups is 1. The minimum atomic E-state index is -1.05. The van der Waals surface area contributed by atoms with E-state index in [1.54, 1.807) is 13.8 Å². The predicted molar refractivity (Wildman–Crippen MR) is 71.4 cm³/mol. The average molecular weight is 270 g/mol. The van der Waals surface area contributed by atoms with E-state index in [0.717, 1.165) is 0 Å². The van der Waals surface area contributed by atoms with Crippen molar-refractivity contribution in [3.05, 3.63) is 0 Å². The number of ketones is 1. The van der Waals surface area contributed by atoms with Crippen LogP contribution in [0.1, 0.15) is 47.0 Å². The van der Waals surface area contributed by atoms with Gasteiger partial charge in [0.05, 0.1) is 17.8 Å². The molecule has 0 aliphatic heterocycles. The summed E-state index contributed by atoms with van der Waals surface area (Å²) >= 11 is 0. The van der Waals surface area contributed by atoms with Crippen LogP contribution in [0.4, 0.5) is 0 Å². The number of rotatable bonds is 1. The summed E-state index contributed by atoms with van der Waals surface area (Å²) in [7, 11) is 0. The maximum Gasteiger partial charge on any atom is 0.139 e. The van der Waals surface area contributed by atoms with Crippen LogP contribution in [-0.4, -0.2) is 38.9 Å². The molecule has 2 aliphatic carbocycles. The zero-order chi connectivity index (χ0) is 14.6. The summed E-state index contributed by atoms with van der Waals surface area (Å²) in [4.78, 5) is 12.3. The zero-order valence-electron chi connectivity index (χ0n) is 12.3. The van der Waals surface area contributed by atoms with Gasteiger partial charge in [-0.25, -0.2) is 0 Å². The topological polar surface area (TPSA) is 77.8 Å². The van der Waals surface area contributed by atoms with Crippen molar-refractivity contribution in [2.45, 2.75) is 64.8 Å². The SMILES string of the molecule is CC(C)[C@H]1[C@@H](O)[C@H]2[C@@](C)(O)CCC(=O)[C@]2(C)C[C@@H]1O. The molecule has 6 atom stereocenters. The molecule has 0 aromatic rings. The lowest BCUT2D eigenvalue weighted by Gasteiger charge is -2.57. The summed E-state index contributed by atoms with van der Waals surface area (Å²) in [5, 5.41) is 31.6. The fourth-order valence-corrected chi connectivity index (χ4v) is 4.51. The Bertz CT molecular complexity index is 376. The monoisotopic (exact) mass is 270 g/mol. The average Bonchev–Trinajstić information content (AvgIpc) is 2.22. The van der Waals surface area contributed by atoms with Crippen LogP contribution in [-0.2, 0) is 4.79 Å². The first-order valence-corrected chi connectivity index (χ1v) is 7.23. The molecule has 4 nitrogen and oxygen atoms in total.